The zero-order chi connectivity index (χ0) is 17.0. The van der Waals surface area contributed by atoms with E-state index < -0.39 is 11.8 Å². The van der Waals surface area contributed by atoms with Crippen LogP contribution in [0.1, 0.15) is 32.8 Å². The van der Waals surface area contributed by atoms with Gasteiger partial charge in [-0.15, -0.1) is 6.42 Å². The van der Waals surface area contributed by atoms with Gasteiger partial charge in [-0.25, -0.2) is 0 Å². The van der Waals surface area contributed by atoms with Gasteiger partial charge in [-0.3, -0.25) is 9.59 Å². The molecule has 5 nitrogen and oxygen atoms in total. The molecule has 1 aromatic rings. The Bertz CT molecular complexity index is 646. The lowest BCUT2D eigenvalue weighted by atomic mass is 9.64. The molecule has 0 heterocycles. The third-order valence-corrected chi connectivity index (χ3v) is 4.34. The second-order valence-electron chi connectivity index (χ2n) is 6.21. The van der Waals surface area contributed by atoms with E-state index in [0.717, 1.165) is 0 Å². The summed E-state index contributed by atoms with van der Waals surface area (Å²) in [7, 11) is 0. The molecule has 1 saturated carbocycles. The van der Waals surface area contributed by atoms with Crippen LogP contribution >= 0.6 is 0 Å². The van der Waals surface area contributed by atoms with Crippen molar-refractivity contribution in [1.82, 2.24) is 5.32 Å². The predicted molar refractivity (Wildman–Crippen MR) is 88.7 cm³/mol. The van der Waals surface area contributed by atoms with Gasteiger partial charge in [-0.1, -0.05) is 25.8 Å². The molecule has 1 aliphatic carbocycles. The van der Waals surface area contributed by atoms with Crippen LogP contribution in [0.25, 0.3) is 0 Å². The number of carbonyl (C=O) groups excluding carboxylic acids is 2. The number of amides is 2. The van der Waals surface area contributed by atoms with E-state index in [1.54, 1.807) is 24.3 Å². The largest absolute Gasteiger partial charge is 0.378 e. The minimum atomic E-state index is -0.699. The maximum Gasteiger partial charge on any atom is 0.313 e. The number of nitrogens with one attached hydrogen (secondary N) is 2. The predicted octanol–water partition coefficient (Wildman–Crippen LogP) is 1.93. The lowest BCUT2D eigenvalue weighted by Gasteiger charge is -2.51. The lowest BCUT2D eigenvalue weighted by molar-refractivity contribution is -0.144. The summed E-state index contributed by atoms with van der Waals surface area (Å²) in [6.07, 6.45) is 6.13. The van der Waals surface area contributed by atoms with Crippen molar-refractivity contribution in [3.8, 4) is 12.3 Å². The Kier molecular flexibility index (Phi) is 5.07. The number of carbonyl (C=O) groups is 2. The van der Waals surface area contributed by atoms with Gasteiger partial charge in [0, 0.05) is 29.3 Å². The fraction of sp³-hybridized carbons (Fsp3) is 0.444. The van der Waals surface area contributed by atoms with E-state index in [0.29, 0.717) is 24.3 Å². The Morgan fingerprint density at radius 1 is 1.39 bits per heavy atom. The standard InChI is InChI=1S/C18H22N2O3/c1-5-12-8-7-9-13(10-12)19-16(21)17(22)20-14-11-15(23-6-2)18(14,3)4/h1,7-10,14-15H,6,11H2,2-4H3,(H,19,21)(H,20,22). The first-order valence-corrected chi connectivity index (χ1v) is 7.68. The normalized spacial score (nSPS) is 21.7. The van der Waals surface area contributed by atoms with Gasteiger partial charge in [-0.05, 0) is 31.5 Å². The number of terminal acetylenes is 1. The van der Waals surface area contributed by atoms with Crippen molar-refractivity contribution in [2.24, 2.45) is 5.41 Å². The van der Waals surface area contributed by atoms with Crippen molar-refractivity contribution >= 4 is 17.5 Å². The van der Waals surface area contributed by atoms with Crippen molar-refractivity contribution in [2.75, 3.05) is 11.9 Å². The molecule has 122 valence electrons. The highest BCUT2D eigenvalue weighted by atomic mass is 16.5. The van der Waals surface area contributed by atoms with E-state index in [4.69, 9.17) is 11.2 Å². The van der Waals surface area contributed by atoms with Crippen LogP contribution in [0.2, 0.25) is 0 Å². The number of anilines is 1. The average molecular weight is 314 g/mol. The molecule has 0 aliphatic heterocycles. The molecule has 1 aromatic carbocycles. The summed E-state index contributed by atoms with van der Waals surface area (Å²) in [5.74, 6) is 1.13. The van der Waals surface area contributed by atoms with Gasteiger partial charge in [0.05, 0.1) is 6.10 Å². The summed E-state index contributed by atoms with van der Waals surface area (Å²) < 4.78 is 5.62. The van der Waals surface area contributed by atoms with E-state index in [1.807, 2.05) is 20.8 Å². The van der Waals surface area contributed by atoms with Crippen LogP contribution in [0.15, 0.2) is 24.3 Å². The highest BCUT2D eigenvalue weighted by Gasteiger charge is 2.49. The van der Waals surface area contributed by atoms with E-state index in [1.165, 1.54) is 0 Å². The van der Waals surface area contributed by atoms with Crippen LogP contribution in [0.5, 0.6) is 0 Å². The Hall–Kier alpha value is -2.32. The molecule has 2 unspecified atom stereocenters. The van der Waals surface area contributed by atoms with Gasteiger partial charge in [0.1, 0.15) is 0 Å². The smallest absolute Gasteiger partial charge is 0.313 e. The van der Waals surface area contributed by atoms with Crippen molar-refractivity contribution in [1.29, 1.82) is 0 Å². The molecular weight excluding hydrogens is 292 g/mol. The van der Waals surface area contributed by atoms with E-state index in [-0.39, 0.29) is 17.6 Å². The minimum absolute atomic E-state index is 0.0747. The first-order chi connectivity index (χ1) is 10.9. The van der Waals surface area contributed by atoms with E-state index in [2.05, 4.69) is 16.6 Å². The Labute approximate surface area is 136 Å². The number of benzene rings is 1. The fourth-order valence-corrected chi connectivity index (χ4v) is 2.71. The molecular formula is C18H22N2O3. The topological polar surface area (TPSA) is 67.4 Å². The molecule has 2 amide bonds. The number of hydrogen-bond donors (Lipinski definition) is 2. The summed E-state index contributed by atoms with van der Waals surface area (Å²) in [5.41, 5.74) is 0.957. The van der Waals surface area contributed by atoms with Crippen LogP contribution < -0.4 is 10.6 Å². The molecule has 23 heavy (non-hydrogen) atoms. The summed E-state index contributed by atoms with van der Waals surface area (Å²) in [6.45, 7) is 6.63. The maximum atomic E-state index is 12.1. The molecule has 0 aromatic heterocycles. The Morgan fingerprint density at radius 2 is 2.13 bits per heavy atom. The highest BCUT2D eigenvalue weighted by Crippen LogP contribution is 2.42. The number of ether oxygens (including phenoxy) is 1. The molecule has 0 saturated heterocycles. The second-order valence-corrected chi connectivity index (χ2v) is 6.21. The molecule has 2 N–H and O–H groups in total. The summed E-state index contributed by atoms with van der Waals surface area (Å²) in [5, 5.41) is 5.33. The van der Waals surface area contributed by atoms with Gasteiger partial charge in [-0.2, -0.15) is 0 Å². The highest BCUT2D eigenvalue weighted by molar-refractivity contribution is 6.39. The maximum absolute atomic E-state index is 12.1. The SMILES string of the molecule is C#Cc1cccc(NC(=O)C(=O)NC2CC(OCC)C2(C)C)c1. The Balaban J connectivity index is 1.91. The molecule has 2 rings (SSSR count). The zero-order valence-corrected chi connectivity index (χ0v) is 13.7. The first kappa shape index (κ1) is 17.0. The van der Waals surface area contributed by atoms with E-state index in [9.17, 15) is 9.59 Å². The van der Waals surface area contributed by atoms with Gasteiger partial charge in [0.15, 0.2) is 0 Å². The molecule has 0 spiro atoms. The van der Waals surface area contributed by atoms with Crippen LogP contribution in [0.4, 0.5) is 5.69 Å². The number of rotatable bonds is 4. The van der Waals surface area contributed by atoms with Gasteiger partial charge in [0.25, 0.3) is 0 Å². The minimum Gasteiger partial charge on any atom is -0.378 e. The third kappa shape index (κ3) is 3.72. The molecule has 1 fully saturated rings. The van der Waals surface area contributed by atoms with E-state index >= 15 is 0 Å². The quantitative estimate of drug-likeness (QED) is 0.659. The van der Waals surface area contributed by atoms with Crippen molar-refractivity contribution in [2.45, 2.75) is 39.3 Å². The van der Waals surface area contributed by atoms with Crippen LogP contribution in [0.3, 0.4) is 0 Å². The third-order valence-electron chi connectivity index (χ3n) is 4.34. The molecule has 0 radical (unpaired) electrons. The lowest BCUT2D eigenvalue weighted by Crippen LogP contribution is -2.63. The van der Waals surface area contributed by atoms with Gasteiger partial charge in [0.2, 0.25) is 0 Å². The van der Waals surface area contributed by atoms with Crippen molar-refractivity contribution < 1.29 is 14.3 Å². The fourth-order valence-electron chi connectivity index (χ4n) is 2.71. The van der Waals surface area contributed by atoms with Crippen LogP contribution in [-0.4, -0.2) is 30.6 Å². The summed E-state index contributed by atoms with van der Waals surface area (Å²) in [4.78, 5) is 24.1. The molecule has 1 aliphatic rings. The molecule has 5 heteroatoms. The van der Waals surface area contributed by atoms with Crippen molar-refractivity contribution in [3.05, 3.63) is 29.8 Å². The van der Waals surface area contributed by atoms with Crippen LogP contribution in [0, 0.1) is 17.8 Å². The van der Waals surface area contributed by atoms with Crippen molar-refractivity contribution in [3.63, 3.8) is 0 Å². The Morgan fingerprint density at radius 3 is 2.74 bits per heavy atom. The summed E-state index contributed by atoms with van der Waals surface area (Å²) >= 11 is 0. The van der Waals surface area contributed by atoms with Crippen LogP contribution in [-0.2, 0) is 14.3 Å². The zero-order valence-electron chi connectivity index (χ0n) is 13.7. The second kappa shape index (κ2) is 6.84. The molecule has 0 bridgehead atoms. The summed E-state index contributed by atoms with van der Waals surface area (Å²) in [6, 6.07) is 6.73. The van der Waals surface area contributed by atoms with Gasteiger partial charge < -0.3 is 15.4 Å². The monoisotopic (exact) mass is 314 g/mol. The first-order valence-electron chi connectivity index (χ1n) is 7.68. The molecule has 2 atom stereocenters. The van der Waals surface area contributed by atoms with Gasteiger partial charge >= 0.3 is 11.8 Å². The number of hydrogen-bond acceptors (Lipinski definition) is 3. The average Bonchev–Trinajstić information content (AvgIpc) is 2.53.